The topological polar surface area (TPSA) is 55.4 Å². The number of hydrogen-bond donors (Lipinski definition) is 2. The van der Waals surface area contributed by atoms with Crippen LogP contribution in [0.1, 0.15) is 12.5 Å². The highest BCUT2D eigenvalue weighted by molar-refractivity contribution is 5.53. The monoisotopic (exact) mass is 290 g/mol. The predicted octanol–water partition coefficient (Wildman–Crippen LogP) is 1.76. The molecule has 5 nitrogen and oxygen atoms in total. The lowest BCUT2D eigenvalue weighted by Crippen LogP contribution is -2.52. The number of H-pyrrole nitrogens is 1. The van der Waals surface area contributed by atoms with Crippen molar-refractivity contribution in [1.82, 2.24) is 10.2 Å². The minimum Gasteiger partial charge on any atom is -0.392 e. The molecule has 1 aliphatic rings. The molecule has 2 heterocycles. The molecule has 1 unspecified atom stereocenters. The van der Waals surface area contributed by atoms with Crippen LogP contribution in [0.4, 0.5) is 15.8 Å². The van der Waals surface area contributed by atoms with E-state index >= 15 is 0 Å². The molecule has 1 fully saturated rings. The van der Waals surface area contributed by atoms with Gasteiger partial charge in [-0.25, -0.2) is 4.39 Å². The Kier molecular flexibility index (Phi) is 3.79. The van der Waals surface area contributed by atoms with E-state index in [-0.39, 0.29) is 18.5 Å². The first-order chi connectivity index (χ1) is 10.2. The summed E-state index contributed by atoms with van der Waals surface area (Å²) in [6.07, 6.45) is 3.68. The molecule has 0 spiro atoms. The molecular weight excluding hydrogens is 271 g/mol. The average molecular weight is 290 g/mol. The molecule has 1 aliphatic heterocycles. The molecular formula is C15H19FN4O. The van der Waals surface area contributed by atoms with Crippen molar-refractivity contribution in [3.8, 4) is 0 Å². The van der Waals surface area contributed by atoms with Gasteiger partial charge in [0, 0.05) is 37.4 Å². The Hall–Kier alpha value is -2.08. The van der Waals surface area contributed by atoms with E-state index < -0.39 is 0 Å². The quantitative estimate of drug-likeness (QED) is 0.904. The third-order valence-electron chi connectivity index (χ3n) is 4.01. The second-order valence-corrected chi connectivity index (χ2v) is 5.35. The first kappa shape index (κ1) is 13.9. The minimum atomic E-state index is -0.316. The average Bonchev–Trinajstić information content (AvgIpc) is 3.01. The highest BCUT2D eigenvalue weighted by atomic mass is 19.1. The molecule has 21 heavy (non-hydrogen) atoms. The van der Waals surface area contributed by atoms with Gasteiger partial charge in [-0.2, -0.15) is 5.10 Å². The number of halogens is 1. The third-order valence-corrected chi connectivity index (χ3v) is 4.01. The number of aromatic nitrogens is 2. The van der Waals surface area contributed by atoms with Crippen molar-refractivity contribution in [1.29, 1.82) is 0 Å². The standard InChI is InChI=1S/C15H19FN4O/c1-11-9-19(5-6-20(11)13-7-17-18-8-13)14-4-2-3-12(10-21)15(14)16/h2-4,7-8,11,21H,5-6,9-10H2,1H3,(H,17,18). The van der Waals surface area contributed by atoms with Gasteiger partial charge in [0.05, 0.1) is 24.2 Å². The van der Waals surface area contributed by atoms with E-state index in [0.717, 1.165) is 25.3 Å². The van der Waals surface area contributed by atoms with Gasteiger partial charge in [0.15, 0.2) is 5.82 Å². The van der Waals surface area contributed by atoms with Crippen molar-refractivity contribution in [3.05, 3.63) is 42.0 Å². The fraction of sp³-hybridized carbons (Fsp3) is 0.400. The summed E-state index contributed by atoms with van der Waals surface area (Å²) in [5, 5.41) is 16.0. The summed E-state index contributed by atoms with van der Waals surface area (Å²) in [7, 11) is 0. The Morgan fingerprint density at radius 2 is 2.29 bits per heavy atom. The molecule has 1 aromatic carbocycles. The summed E-state index contributed by atoms with van der Waals surface area (Å²) in [5.41, 5.74) is 1.98. The van der Waals surface area contributed by atoms with E-state index in [1.54, 1.807) is 24.4 Å². The van der Waals surface area contributed by atoms with Crippen LogP contribution in [0.2, 0.25) is 0 Å². The largest absolute Gasteiger partial charge is 0.392 e. The van der Waals surface area contributed by atoms with Crippen LogP contribution in [0, 0.1) is 5.82 Å². The van der Waals surface area contributed by atoms with Crippen LogP contribution in [0.5, 0.6) is 0 Å². The third kappa shape index (κ3) is 2.58. The van der Waals surface area contributed by atoms with Crippen molar-refractivity contribution in [3.63, 3.8) is 0 Å². The molecule has 1 saturated heterocycles. The van der Waals surface area contributed by atoms with Gasteiger partial charge in [-0.05, 0) is 13.0 Å². The molecule has 112 valence electrons. The summed E-state index contributed by atoms with van der Waals surface area (Å²) < 4.78 is 14.3. The molecule has 0 radical (unpaired) electrons. The van der Waals surface area contributed by atoms with Crippen LogP contribution in [0.3, 0.4) is 0 Å². The van der Waals surface area contributed by atoms with Crippen LogP contribution >= 0.6 is 0 Å². The first-order valence-corrected chi connectivity index (χ1v) is 7.09. The van der Waals surface area contributed by atoms with Gasteiger partial charge in [-0.3, -0.25) is 5.10 Å². The van der Waals surface area contributed by atoms with Crippen molar-refractivity contribution < 1.29 is 9.50 Å². The summed E-state index contributed by atoms with van der Waals surface area (Å²) >= 11 is 0. The van der Waals surface area contributed by atoms with E-state index in [0.29, 0.717) is 11.3 Å². The fourth-order valence-corrected chi connectivity index (χ4v) is 2.89. The molecule has 1 aromatic heterocycles. The van der Waals surface area contributed by atoms with Gasteiger partial charge < -0.3 is 14.9 Å². The summed E-state index contributed by atoms with van der Waals surface area (Å²) in [6.45, 7) is 4.12. The van der Waals surface area contributed by atoms with Crippen molar-refractivity contribution in [2.24, 2.45) is 0 Å². The molecule has 0 amide bonds. The number of rotatable bonds is 3. The lowest BCUT2D eigenvalue weighted by Gasteiger charge is -2.41. The number of nitrogens with zero attached hydrogens (tertiary/aromatic N) is 3. The summed E-state index contributed by atoms with van der Waals surface area (Å²) in [6, 6.07) is 5.43. The van der Waals surface area contributed by atoms with Gasteiger partial charge in [-0.1, -0.05) is 12.1 Å². The van der Waals surface area contributed by atoms with Crippen LogP contribution in [-0.2, 0) is 6.61 Å². The van der Waals surface area contributed by atoms with Gasteiger partial charge in [0.2, 0.25) is 0 Å². The molecule has 6 heteroatoms. The maximum Gasteiger partial charge on any atom is 0.151 e. The normalized spacial score (nSPS) is 19.1. The van der Waals surface area contributed by atoms with Crippen molar-refractivity contribution >= 4 is 11.4 Å². The second-order valence-electron chi connectivity index (χ2n) is 5.35. The maximum atomic E-state index is 14.3. The van der Waals surface area contributed by atoms with E-state index in [9.17, 15) is 9.50 Å². The van der Waals surface area contributed by atoms with E-state index in [4.69, 9.17) is 0 Å². The highest BCUT2D eigenvalue weighted by Gasteiger charge is 2.26. The number of benzene rings is 1. The number of aliphatic hydroxyl groups excluding tert-OH is 1. The van der Waals surface area contributed by atoms with Crippen LogP contribution < -0.4 is 9.80 Å². The van der Waals surface area contributed by atoms with E-state index in [1.807, 2.05) is 11.1 Å². The van der Waals surface area contributed by atoms with Crippen LogP contribution in [0.25, 0.3) is 0 Å². The number of aliphatic hydroxyl groups is 1. The highest BCUT2D eigenvalue weighted by Crippen LogP contribution is 2.26. The summed E-state index contributed by atoms with van der Waals surface area (Å²) in [4.78, 5) is 4.30. The Morgan fingerprint density at radius 3 is 2.95 bits per heavy atom. The van der Waals surface area contributed by atoms with Gasteiger partial charge in [-0.15, -0.1) is 0 Å². The van der Waals surface area contributed by atoms with E-state index in [2.05, 4.69) is 22.0 Å². The molecule has 2 aromatic rings. The zero-order valence-electron chi connectivity index (χ0n) is 12.0. The molecule has 3 rings (SSSR count). The SMILES string of the molecule is CC1CN(c2cccc(CO)c2F)CCN1c1cn[nH]c1. The molecule has 0 saturated carbocycles. The fourth-order valence-electron chi connectivity index (χ4n) is 2.89. The smallest absolute Gasteiger partial charge is 0.151 e. The first-order valence-electron chi connectivity index (χ1n) is 7.09. The molecule has 1 atom stereocenters. The van der Waals surface area contributed by atoms with Gasteiger partial charge in [0.1, 0.15) is 0 Å². The lowest BCUT2D eigenvalue weighted by molar-refractivity contribution is 0.276. The Morgan fingerprint density at radius 1 is 1.43 bits per heavy atom. The van der Waals surface area contributed by atoms with Crippen LogP contribution in [-0.4, -0.2) is 41.0 Å². The van der Waals surface area contributed by atoms with Crippen molar-refractivity contribution in [2.75, 3.05) is 29.4 Å². The molecule has 0 bridgehead atoms. The lowest BCUT2D eigenvalue weighted by atomic mass is 10.1. The number of nitrogens with one attached hydrogen (secondary N) is 1. The predicted molar refractivity (Wildman–Crippen MR) is 79.9 cm³/mol. The van der Waals surface area contributed by atoms with E-state index in [1.165, 1.54) is 0 Å². The maximum absolute atomic E-state index is 14.3. The van der Waals surface area contributed by atoms with Gasteiger partial charge in [0.25, 0.3) is 0 Å². The number of anilines is 2. The number of piperazine rings is 1. The number of aromatic amines is 1. The van der Waals surface area contributed by atoms with Crippen LogP contribution in [0.15, 0.2) is 30.6 Å². The zero-order chi connectivity index (χ0) is 14.8. The second kappa shape index (κ2) is 5.73. The Bertz CT molecular complexity index is 602. The van der Waals surface area contributed by atoms with Crippen molar-refractivity contribution in [2.45, 2.75) is 19.6 Å². The van der Waals surface area contributed by atoms with Gasteiger partial charge >= 0.3 is 0 Å². The molecule has 0 aliphatic carbocycles. The zero-order valence-corrected chi connectivity index (χ0v) is 12.0. The summed E-state index contributed by atoms with van der Waals surface area (Å²) in [5.74, 6) is -0.316. The minimum absolute atomic E-state index is 0.258. The number of hydrogen-bond acceptors (Lipinski definition) is 4. The Labute approximate surface area is 123 Å². The molecule has 2 N–H and O–H groups in total. The Balaban J connectivity index is 1.78.